The van der Waals surface area contributed by atoms with E-state index in [4.69, 9.17) is 0 Å². The van der Waals surface area contributed by atoms with Crippen LogP contribution in [0.15, 0.2) is 23.3 Å². The molecule has 0 aromatic rings. The second kappa shape index (κ2) is 4.35. The topological polar surface area (TPSA) is 20.2 Å². The molecule has 0 radical (unpaired) electrons. The molecule has 0 aromatic heterocycles. The Bertz CT molecular complexity index is 585. The van der Waals surface area contributed by atoms with Crippen LogP contribution < -0.4 is 0 Å². The quantitative estimate of drug-likeness (QED) is 0.450. The van der Waals surface area contributed by atoms with Gasteiger partial charge in [-0.05, 0) is 48.9 Å². The van der Waals surface area contributed by atoms with Crippen molar-refractivity contribution >= 4 is 0 Å². The van der Waals surface area contributed by atoms with Crippen molar-refractivity contribution in [2.75, 3.05) is 0 Å². The number of fused-ring (bicyclic) bond motifs is 9. The van der Waals surface area contributed by atoms with E-state index >= 15 is 0 Å². The summed E-state index contributed by atoms with van der Waals surface area (Å²) in [5.74, 6) is 1.32. The lowest BCUT2D eigenvalue weighted by Crippen LogP contribution is -2.57. The molecule has 0 spiro atoms. The molecule has 128 valence electrons. The molecule has 4 bridgehead atoms. The molecule has 4 aliphatic rings. The van der Waals surface area contributed by atoms with Gasteiger partial charge in [0.25, 0.3) is 5.60 Å². The predicted octanol–water partition coefficient (Wildman–Crippen LogP) is 4.39. The standard InChI is InChI=1S/C16H16F6O/c17-15(18,19)14(23,16(20,21)22)6-10-4-9-5-11(10)13-8-2-1-7(3-8)12(9)13/h1-2,7-9,12-13,23H,3-6H2. The first kappa shape index (κ1) is 15.5. The normalized spacial score (nSPS) is 38.8. The minimum absolute atomic E-state index is 0.101. The zero-order chi connectivity index (χ0) is 16.8. The van der Waals surface area contributed by atoms with Gasteiger partial charge in [-0.3, -0.25) is 0 Å². The molecule has 0 heterocycles. The second-order valence-corrected chi connectivity index (χ2v) is 7.38. The highest BCUT2D eigenvalue weighted by Crippen LogP contribution is 2.66. The largest absolute Gasteiger partial charge is 0.426 e. The molecule has 0 amide bonds. The summed E-state index contributed by atoms with van der Waals surface area (Å²) in [6.45, 7) is 0. The Hall–Kier alpha value is -0.980. The first-order valence-corrected chi connectivity index (χ1v) is 7.78. The van der Waals surface area contributed by atoms with Gasteiger partial charge in [-0.2, -0.15) is 26.3 Å². The maximum absolute atomic E-state index is 12.9. The maximum atomic E-state index is 12.9. The van der Waals surface area contributed by atoms with Gasteiger partial charge in [0.05, 0.1) is 0 Å². The fourth-order valence-corrected chi connectivity index (χ4v) is 5.44. The van der Waals surface area contributed by atoms with Gasteiger partial charge in [0.1, 0.15) is 0 Å². The lowest BCUT2D eigenvalue weighted by molar-refractivity contribution is -0.367. The molecule has 1 N–H and O–H groups in total. The van der Waals surface area contributed by atoms with Crippen molar-refractivity contribution in [3.63, 3.8) is 0 Å². The third-order valence-corrected chi connectivity index (χ3v) is 6.32. The van der Waals surface area contributed by atoms with E-state index < -0.39 is 24.4 Å². The van der Waals surface area contributed by atoms with Crippen LogP contribution in [0.2, 0.25) is 0 Å². The fourth-order valence-electron chi connectivity index (χ4n) is 5.44. The Morgan fingerprint density at radius 1 is 0.957 bits per heavy atom. The first-order chi connectivity index (χ1) is 10.5. The highest BCUT2D eigenvalue weighted by molar-refractivity contribution is 5.38. The average Bonchev–Trinajstić information content (AvgIpc) is 3.14. The lowest BCUT2D eigenvalue weighted by atomic mass is 9.73. The van der Waals surface area contributed by atoms with Crippen LogP contribution >= 0.6 is 0 Å². The van der Waals surface area contributed by atoms with Crippen LogP contribution in [0.5, 0.6) is 0 Å². The molecule has 2 fully saturated rings. The van der Waals surface area contributed by atoms with Crippen molar-refractivity contribution in [3.05, 3.63) is 23.3 Å². The van der Waals surface area contributed by atoms with E-state index in [1.807, 2.05) is 0 Å². The molecule has 5 unspecified atom stereocenters. The summed E-state index contributed by atoms with van der Waals surface area (Å²) in [6, 6.07) is 0. The molecule has 2 saturated carbocycles. The summed E-state index contributed by atoms with van der Waals surface area (Å²) in [6.07, 6.45) is -6.79. The van der Waals surface area contributed by atoms with E-state index in [9.17, 15) is 31.4 Å². The van der Waals surface area contributed by atoms with Gasteiger partial charge >= 0.3 is 12.4 Å². The summed E-state index contributed by atoms with van der Waals surface area (Å²) in [5, 5.41) is 9.45. The zero-order valence-electron chi connectivity index (χ0n) is 12.1. The molecule has 7 heteroatoms. The summed E-state index contributed by atoms with van der Waals surface area (Å²) >= 11 is 0. The highest BCUT2D eigenvalue weighted by atomic mass is 19.4. The van der Waals surface area contributed by atoms with Gasteiger partial charge in [-0.15, -0.1) is 0 Å². The molecule has 0 aliphatic heterocycles. The second-order valence-electron chi connectivity index (χ2n) is 7.38. The van der Waals surface area contributed by atoms with Crippen LogP contribution in [0.25, 0.3) is 0 Å². The lowest BCUT2D eigenvalue weighted by Gasteiger charge is -2.36. The first-order valence-electron chi connectivity index (χ1n) is 7.78. The van der Waals surface area contributed by atoms with Gasteiger partial charge in [-0.25, -0.2) is 0 Å². The van der Waals surface area contributed by atoms with Crippen molar-refractivity contribution in [3.8, 4) is 0 Å². The van der Waals surface area contributed by atoms with Crippen molar-refractivity contribution in [2.45, 2.75) is 43.6 Å². The fraction of sp³-hybridized carbons (Fsp3) is 0.750. The van der Waals surface area contributed by atoms with Gasteiger partial charge in [0.15, 0.2) is 0 Å². The van der Waals surface area contributed by atoms with Gasteiger partial charge in [0.2, 0.25) is 0 Å². The monoisotopic (exact) mass is 338 g/mol. The molecular formula is C16H16F6O. The van der Waals surface area contributed by atoms with E-state index in [1.54, 1.807) is 0 Å². The van der Waals surface area contributed by atoms with Crippen LogP contribution in [-0.4, -0.2) is 23.1 Å². The van der Waals surface area contributed by atoms with E-state index in [1.165, 1.54) is 0 Å². The minimum Gasteiger partial charge on any atom is -0.373 e. The van der Waals surface area contributed by atoms with Crippen LogP contribution in [0.1, 0.15) is 25.7 Å². The number of rotatable bonds is 2. The molecule has 4 aliphatic carbocycles. The molecule has 0 saturated heterocycles. The Kier molecular flexibility index (Phi) is 2.94. The van der Waals surface area contributed by atoms with Crippen molar-refractivity contribution < 1.29 is 31.4 Å². The Balaban J connectivity index is 1.67. The third-order valence-electron chi connectivity index (χ3n) is 6.32. The van der Waals surface area contributed by atoms with E-state index in [0.29, 0.717) is 18.3 Å². The number of hydrogen-bond acceptors (Lipinski definition) is 1. The Morgan fingerprint density at radius 3 is 2.17 bits per heavy atom. The zero-order valence-corrected chi connectivity index (χ0v) is 12.1. The molecule has 4 rings (SSSR count). The van der Waals surface area contributed by atoms with Crippen molar-refractivity contribution in [1.29, 1.82) is 0 Å². The van der Waals surface area contributed by atoms with Gasteiger partial charge in [-0.1, -0.05) is 23.3 Å². The predicted molar refractivity (Wildman–Crippen MR) is 69.1 cm³/mol. The average molecular weight is 338 g/mol. The number of alkyl halides is 6. The molecule has 0 aromatic carbocycles. The van der Waals surface area contributed by atoms with Crippen molar-refractivity contribution in [2.24, 2.45) is 29.6 Å². The van der Waals surface area contributed by atoms with Crippen LogP contribution in [-0.2, 0) is 0 Å². The van der Waals surface area contributed by atoms with E-state index in [2.05, 4.69) is 12.2 Å². The SMILES string of the molecule is OC(CC1=C2CC(C1)C1C3C=CC(C3)C21)(C(F)(F)F)C(F)(F)F. The van der Waals surface area contributed by atoms with E-state index in [-0.39, 0.29) is 29.7 Å². The molecular weight excluding hydrogens is 322 g/mol. The van der Waals surface area contributed by atoms with Gasteiger partial charge in [0, 0.05) is 6.42 Å². The van der Waals surface area contributed by atoms with Crippen LogP contribution in [0, 0.1) is 29.6 Å². The van der Waals surface area contributed by atoms with Crippen LogP contribution in [0.4, 0.5) is 26.3 Å². The summed E-state index contributed by atoms with van der Waals surface area (Å²) in [5.41, 5.74) is -3.69. The van der Waals surface area contributed by atoms with Crippen LogP contribution in [0.3, 0.4) is 0 Å². The summed E-state index contributed by atoms with van der Waals surface area (Å²) < 4.78 is 77.5. The Morgan fingerprint density at radius 2 is 1.57 bits per heavy atom. The third kappa shape index (κ3) is 1.91. The molecule has 1 nitrogen and oxygen atoms in total. The number of hydrogen-bond donors (Lipinski definition) is 1. The minimum atomic E-state index is -5.73. The number of allylic oxidation sites excluding steroid dienone is 3. The molecule has 23 heavy (non-hydrogen) atoms. The Labute approximate surface area is 129 Å². The van der Waals surface area contributed by atoms with Gasteiger partial charge < -0.3 is 5.11 Å². The highest BCUT2D eigenvalue weighted by Gasteiger charge is 2.71. The molecule has 5 atom stereocenters. The summed E-state index contributed by atoms with van der Waals surface area (Å²) in [7, 11) is 0. The maximum Gasteiger partial charge on any atom is 0.426 e. The van der Waals surface area contributed by atoms with E-state index in [0.717, 1.165) is 12.0 Å². The number of aliphatic hydroxyl groups is 1. The van der Waals surface area contributed by atoms with Crippen molar-refractivity contribution in [1.82, 2.24) is 0 Å². The summed E-state index contributed by atoms with van der Waals surface area (Å²) in [4.78, 5) is 0. The number of halogens is 6. The smallest absolute Gasteiger partial charge is 0.373 e.